The zero-order valence-electron chi connectivity index (χ0n) is 23.4. The lowest BCUT2D eigenvalue weighted by atomic mass is 9.71. The number of rotatable bonds is 5. The van der Waals surface area contributed by atoms with Gasteiger partial charge in [0.25, 0.3) is 5.91 Å². The van der Waals surface area contributed by atoms with Gasteiger partial charge in [0.2, 0.25) is 5.82 Å². The molecule has 10 N–H and O–H groups in total. The molecule has 220 valence electrons. The van der Waals surface area contributed by atoms with Crippen LogP contribution in [0.4, 0.5) is 5.82 Å². The number of piperidine rings is 2. The molecule has 0 radical (unpaired) electrons. The number of fused-ring (bicyclic) bond motifs is 3. The van der Waals surface area contributed by atoms with Gasteiger partial charge in [-0.05, 0) is 60.9 Å². The summed E-state index contributed by atoms with van der Waals surface area (Å²) in [6.45, 7) is 2.11. The van der Waals surface area contributed by atoms with E-state index in [9.17, 15) is 9.90 Å². The Kier molecular flexibility index (Phi) is 8.57. The number of aromatic nitrogens is 5. The van der Waals surface area contributed by atoms with Crippen molar-refractivity contribution in [1.29, 1.82) is 0 Å². The summed E-state index contributed by atoms with van der Waals surface area (Å²) < 4.78 is 1.53. The van der Waals surface area contributed by atoms with Crippen LogP contribution in [0.2, 0.25) is 0 Å². The fourth-order valence-corrected chi connectivity index (χ4v) is 5.08. The average Bonchev–Trinajstić information content (AvgIpc) is 3.43. The maximum atomic E-state index is 11.9. The Labute approximate surface area is 248 Å². The summed E-state index contributed by atoms with van der Waals surface area (Å²) in [7, 11) is 0. The van der Waals surface area contributed by atoms with Gasteiger partial charge in [0, 0.05) is 49.0 Å². The number of carbonyl (C=O) groups is 1. The first-order valence-corrected chi connectivity index (χ1v) is 13.7. The fraction of sp³-hybridized carbons (Fsp3) is 0.233. The number of amides is 1. The number of benzene rings is 1. The van der Waals surface area contributed by atoms with Crippen LogP contribution < -0.4 is 28.3 Å². The highest BCUT2D eigenvalue weighted by atomic mass is 16.3. The van der Waals surface area contributed by atoms with Crippen molar-refractivity contribution in [3.05, 3.63) is 95.7 Å². The van der Waals surface area contributed by atoms with Crippen molar-refractivity contribution >= 4 is 23.1 Å². The number of nitrogens with two attached hydrogens (primary N) is 4. The minimum Gasteiger partial charge on any atom is -0.507 e. The molecule has 1 saturated carbocycles. The lowest BCUT2D eigenvalue weighted by Crippen LogP contribution is -2.48. The smallest absolute Gasteiger partial charge is 0.272 e. The van der Waals surface area contributed by atoms with Crippen molar-refractivity contribution in [2.24, 2.45) is 29.0 Å². The predicted molar refractivity (Wildman–Crippen MR) is 162 cm³/mol. The second-order valence-corrected chi connectivity index (χ2v) is 10.3. The second-order valence-electron chi connectivity index (χ2n) is 10.3. The van der Waals surface area contributed by atoms with Crippen molar-refractivity contribution in [3.8, 4) is 17.6 Å². The van der Waals surface area contributed by atoms with Crippen LogP contribution in [0.3, 0.4) is 0 Å². The van der Waals surface area contributed by atoms with Crippen molar-refractivity contribution in [3.63, 3.8) is 0 Å². The molecule has 2 bridgehead atoms. The Balaban J connectivity index is 0.000000171. The maximum Gasteiger partial charge on any atom is 0.272 e. The van der Waals surface area contributed by atoms with Crippen LogP contribution in [0.5, 0.6) is 5.75 Å². The number of nitrogens with zero attached hydrogens (tertiary/aromatic N) is 6. The van der Waals surface area contributed by atoms with Gasteiger partial charge >= 0.3 is 0 Å². The Bertz CT molecular complexity index is 1700. The number of allylic oxidation sites excluding steroid dienone is 1. The molecule has 1 amide bonds. The Morgan fingerprint density at radius 2 is 1.84 bits per heavy atom. The van der Waals surface area contributed by atoms with Crippen LogP contribution in [-0.4, -0.2) is 60.1 Å². The highest BCUT2D eigenvalue weighted by Gasteiger charge is 2.37. The largest absolute Gasteiger partial charge is 0.507 e. The first-order chi connectivity index (χ1) is 20.8. The number of phenolic OH excluding ortho intramolecular Hbond substituents is 1. The van der Waals surface area contributed by atoms with E-state index in [4.69, 9.17) is 22.9 Å². The van der Waals surface area contributed by atoms with Crippen LogP contribution >= 0.6 is 0 Å². The summed E-state index contributed by atoms with van der Waals surface area (Å²) in [6, 6.07) is 11.9. The van der Waals surface area contributed by atoms with Gasteiger partial charge in [-0.1, -0.05) is 18.1 Å². The number of anilines is 1. The molecule has 3 aromatic heterocycles. The molecule has 7 rings (SSSR count). The summed E-state index contributed by atoms with van der Waals surface area (Å²) in [5.41, 5.74) is 26.0. The van der Waals surface area contributed by atoms with Crippen molar-refractivity contribution in [2.45, 2.75) is 12.8 Å². The Hall–Kier alpha value is -5.77. The molecule has 0 unspecified atom stereocenters. The third-order valence-electron chi connectivity index (χ3n) is 7.12. The molecule has 13 nitrogen and oxygen atoms in total. The summed E-state index contributed by atoms with van der Waals surface area (Å²) in [6.07, 6.45) is 9.27. The van der Waals surface area contributed by atoms with E-state index >= 15 is 0 Å². The molecule has 3 aliphatic rings. The fourth-order valence-electron chi connectivity index (χ4n) is 5.08. The summed E-state index contributed by atoms with van der Waals surface area (Å²) in [4.78, 5) is 26.1. The number of para-hydroxylation sites is 1. The van der Waals surface area contributed by atoms with Crippen LogP contribution in [-0.2, 0) is 0 Å². The predicted octanol–water partition coefficient (Wildman–Crippen LogP) is 1.00. The molecule has 13 heteroatoms. The number of phenols is 1. The summed E-state index contributed by atoms with van der Waals surface area (Å²) in [5.74, 6) is 7.72. The van der Waals surface area contributed by atoms with E-state index in [1.165, 1.54) is 23.6 Å². The van der Waals surface area contributed by atoms with Gasteiger partial charge in [0.1, 0.15) is 17.4 Å². The number of hydrogen-bond donors (Lipinski definition) is 6. The molecule has 2 saturated heterocycles. The molecular weight excluding hydrogens is 546 g/mol. The number of nitrogen functional groups attached to an aromatic ring is 1. The highest BCUT2D eigenvalue weighted by molar-refractivity contribution is 5.93. The third-order valence-corrected chi connectivity index (χ3v) is 7.12. The van der Waals surface area contributed by atoms with Crippen molar-refractivity contribution in [1.82, 2.24) is 34.8 Å². The lowest BCUT2D eigenvalue weighted by molar-refractivity contribution is 0.0507. The average molecular weight is 580 g/mol. The molecule has 1 aliphatic carbocycles. The number of hydrogen-bond acceptors (Lipinski definition) is 11. The van der Waals surface area contributed by atoms with Crippen molar-refractivity contribution in [2.75, 3.05) is 25.4 Å². The van der Waals surface area contributed by atoms with E-state index in [2.05, 4.69) is 42.1 Å². The van der Waals surface area contributed by atoms with E-state index in [1.807, 2.05) is 6.07 Å². The van der Waals surface area contributed by atoms with Crippen LogP contribution in [0.1, 0.15) is 34.7 Å². The van der Waals surface area contributed by atoms with Crippen LogP contribution in [0.15, 0.2) is 78.6 Å². The highest BCUT2D eigenvalue weighted by Crippen LogP contribution is 2.41. The maximum absolute atomic E-state index is 11.9. The molecule has 1 aromatic carbocycles. The van der Waals surface area contributed by atoms with E-state index < -0.39 is 0 Å². The zero-order chi connectivity index (χ0) is 30.3. The third kappa shape index (κ3) is 7.12. The van der Waals surface area contributed by atoms with Crippen molar-refractivity contribution < 1.29 is 9.90 Å². The second kappa shape index (κ2) is 12.8. The van der Waals surface area contributed by atoms with E-state index in [0.717, 1.165) is 30.6 Å². The molecule has 4 aromatic rings. The molecule has 43 heavy (non-hydrogen) atoms. The zero-order valence-corrected chi connectivity index (χ0v) is 23.4. The first-order valence-electron chi connectivity index (χ1n) is 13.7. The minimum absolute atomic E-state index is 0.151. The molecular formula is C30H33N11O2. The van der Waals surface area contributed by atoms with Gasteiger partial charge in [-0.2, -0.15) is 5.10 Å². The van der Waals surface area contributed by atoms with Gasteiger partial charge in [-0.3, -0.25) is 4.79 Å². The molecule has 0 atom stereocenters. The summed E-state index contributed by atoms with van der Waals surface area (Å²) in [5, 5.41) is 16.6. The lowest BCUT2D eigenvalue weighted by Gasteiger charge is -2.48. The number of carbonyl (C=O) groups excluding carboxylic acids is 1. The van der Waals surface area contributed by atoms with Crippen LogP contribution in [0, 0.1) is 23.7 Å². The Morgan fingerprint density at radius 3 is 2.53 bits per heavy atom. The minimum atomic E-state index is -0.326. The summed E-state index contributed by atoms with van der Waals surface area (Å²) >= 11 is 0. The number of nitrogens with one attached hydrogen (secondary N) is 1. The topological polar surface area (TPSA) is 213 Å². The van der Waals surface area contributed by atoms with E-state index in [1.54, 1.807) is 54.9 Å². The molecule has 5 heterocycles. The van der Waals surface area contributed by atoms with Gasteiger partial charge in [0.15, 0.2) is 11.3 Å². The molecule has 0 spiro atoms. The van der Waals surface area contributed by atoms with Crippen LogP contribution in [0.25, 0.3) is 11.3 Å². The van der Waals surface area contributed by atoms with Gasteiger partial charge in [0.05, 0.1) is 12.2 Å². The SMILES string of the molecule is NC(N)=C(/C=C(\N)c1ccccc1O)N1CC2CC(C2)C1.Nc1ccnc(C#CCNC(=O)c2cc3ncccn3n2)n1. The normalized spacial score (nSPS) is 17.0. The Morgan fingerprint density at radius 1 is 1.07 bits per heavy atom. The monoisotopic (exact) mass is 579 g/mol. The van der Waals surface area contributed by atoms with E-state index in [0.29, 0.717) is 28.5 Å². The first kappa shape index (κ1) is 28.7. The standard InChI is InChI=1S/C16H22N4O.C14H11N7O/c17-13(12-3-1-2-4-15(12)21)7-14(16(18)19)20-8-10-5-11(6-10)9-20;15-11-4-7-16-12(19-11)3-1-5-18-14(22)10-9-13-17-6-2-8-21(13)20-10/h1-4,7,10-11,21H,5-6,8-9,17-19H2;2,4,6-9H,5H2,(H,18,22)(H2,15,16,19)/b13-7-;. The van der Waals surface area contributed by atoms with Gasteiger partial charge in [-0.25, -0.2) is 19.5 Å². The van der Waals surface area contributed by atoms with Gasteiger partial charge in [-0.15, -0.1) is 0 Å². The molecule has 3 fully saturated rings. The van der Waals surface area contributed by atoms with E-state index in [-0.39, 0.29) is 29.7 Å². The van der Waals surface area contributed by atoms with Gasteiger partial charge < -0.3 is 38.3 Å². The quantitative estimate of drug-likeness (QED) is 0.145. The number of aromatic hydroxyl groups is 1. The molecule has 2 aliphatic heterocycles.